The van der Waals surface area contributed by atoms with Crippen LogP contribution < -0.4 is 10.1 Å². The summed E-state index contributed by atoms with van der Waals surface area (Å²) < 4.78 is 10.4. The molecule has 0 aliphatic heterocycles. The van der Waals surface area contributed by atoms with Gasteiger partial charge in [-0.15, -0.1) is 6.58 Å². The van der Waals surface area contributed by atoms with Crippen LogP contribution in [0, 0.1) is 12.3 Å². The van der Waals surface area contributed by atoms with Gasteiger partial charge in [0, 0.05) is 19.2 Å². The first-order valence-electron chi connectivity index (χ1n) is 7.50. The molecule has 6 nitrogen and oxygen atoms in total. The summed E-state index contributed by atoms with van der Waals surface area (Å²) in [5.41, 5.74) is 2.96. The smallest absolute Gasteiger partial charge is 0.187 e. The van der Waals surface area contributed by atoms with Crippen molar-refractivity contribution in [3.8, 4) is 5.75 Å². The topological polar surface area (TPSA) is 72.8 Å². The fraction of sp³-hybridized carbons (Fsp3) is 0.471. The monoisotopic (exact) mass is 322 g/mol. The molecule has 1 rings (SSSR count). The van der Waals surface area contributed by atoms with Crippen LogP contribution >= 0.6 is 0 Å². The van der Waals surface area contributed by atoms with Crippen LogP contribution in [0.3, 0.4) is 0 Å². The maximum Gasteiger partial charge on any atom is 0.187 e. The lowest BCUT2D eigenvalue weighted by Gasteiger charge is -2.12. The van der Waals surface area contributed by atoms with Crippen molar-refractivity contribution in [2.75, 3.05) is 32.4 Å². The van der Waals surface area contributed by atoms with Crippen molar-refractivity contribution in [1.29, 1.82) is 5.41 Å². The van der Waals surface area contributed by atoms with Gasteiger partial charge in [0.15, 0.2) is 12.6 Å². The number of hydrogen-bond donors (Lipinski definition) is 2. The highest BCUT2D eigenvalue weighted by Crippen LogP contribution is 2.22. The van der Waals surface area contributed by atoms with Gasteiger partial charge < -0.3 is 14.8 Å². The Morgan fingerprint density at radius 3 is 2.65 bits per heavy atom. The second-order valence-electron chi connectivity index (χ2n) is 5.21. The molecule has 1 aromatic carbocycles. The lowest BCUT2D eigenvalue weighted by Crippen LogP contribution is -2.11. The van der Waals surface area contributed by atoms with Crippen molar-refractivity contribution in [1.82, 2.24) is 0 Å². The Morgan fingerprint density at radius 2 is 2.00 bits per heavy atom. The normalized spacial score (nSPS) is 10.4. The summed E-state index contributed by atoms with van der Waals surface area (Å²) >= 11 is 0. The Balaban J connectivity index is 2.38. The lowest BCUT2D eigenvalue weighted by molar-refractivity contribution is -0.293. The summed E-state index contributed by atoms with van der Waals surface area (Å²) in [7, 11) is 1.60. The van der Waals surface area contributed by atoms with Gasteiger partial charge in [-0.05, 0) is 44.0 Å². The zero-order valence-corrected chi connectivity index (χ0v) is 14.1. The molecule has 0 saturated carbocycles. The third-order valence-electron chi connectivity index (χ3n) is 2.99. The van der Waals surface area contributed by atoms with E-state index in [0.717, 1.165) is 23.2 Å². The summed E-state index contributed by atoms with van der Waals surface area (Å²) in [5, 5.41) is 10.9. The molecular weight excluding hydrogens is 296 g/mol. The van der Waals surface area contributed by atoms with Crippen molar-refractivity contribution in [3.05, 3.63) is 35.9 Å². The SMILES string of the molecule is C=C(C)CCC(=N)Oc1ccc(NCOOCCOC)c(C)c1. The maximum absolute atomic E-state index is 7.81. The fourth-order valence-electron chi connectivity index (χ4n) is 1.74. The highest BCUT2D eigenvalue weighted by molar-refractivity contribution is 5.75. The molecule has 0 aromatic heterocycles. The Hall–Kier alpha value is -1.89. The summed E-state index contributed by atoms with van der Waals surface area (Å²) in [5.74, 6) is 0.889. The minimum atomic E-state index is 0.235. The number of anilines is 1. The van der Waals surface area contributed by atoms with E-state index in [1.54, 1.807) is 7.11 Å². The zero-order valence-electron chi connectivity index (χ0n) is 14.1. The van der Waals surface area contributed by atoms with E-state index in [0.29, 0.717) is 25.4 Å². The van der Waals surface area contributed by atoms with Gasteiger partial charge in [-0.2, -0.15) is 0 Å². The van der Waals surface area contributed by atoms with Crippen molar-refractivity contribution in [3.63, 3.8) is 0 Å². The summed E-state index contributed by atoms with van der Waals surface area (Å²) in [6.45, 7) is 8.83. The second kappa shape index (κ2) is 10.8. The third-order valence-corrected chi connectivity index (χ3v) is 2.99. The number of ether oxygens (including phenoxy) is 2. The molecule has 0 bridgehead atoms. The van der Waals surface area contributed by atoms with Gasteiger partial charge in [-0.3, -0.25) is 5.41 Å². The second-order valence-corrected chi connectivity index (χ2v) is 5.21. The molecule has 0 spiro atoms. The minimum absolute atomic E-state index is 0.235. The summed E-state index contributed by atoms with van der Waals surface area (Å²) in [4.78, 5) is 9.89. The van der Waals surface area contributed by atoms with Gasteiger partial charge in [0.2, 0.25) is 0 Å². The number of rotatable bonds is 11. The maximum atomic E-state index is 7.81. The first kappa shape index (κ1) is 19.2. The average molecular weight is 322 g/mol. The molecule has 0 fully saturated rings. The number of benzene rings is 1. The van der Waals surface area contributed by atoms with Gasteiger partial charge >= 0.3 is 0 Å². The molecule has 2 N–H and O–H groups in total. The van der Waals surface area contributed by atoms with Crippen molar-refractivity contribution < 1.29 is 19.2 Å². The predicted octanol–water partition coefficient (Wildman–Crippen LogP) is 3.67. The van der Waals surface area contributed by atoms with E-state index in [1.807, 2.05) is 32.0 Å². The Kier molecular flexibility index (Phi) is 8.97. The van der Waals surface area contributed by atoms with E-state index in [9.17, 15) is 0 Å². The Labute approximate surface area is 137 Å². The van der Waals surface area contributed by atoms with Crippen LogP contribution in [0.2, 0.25) is 0 Å². The van der Waals surface area contributed by atoms with Gasteiger partial charge in [0.25, 0.3) is 0 Å². The van der Waals surface area contributed by atoms with Gasteiger partial charge in [0.1, 0.15) is 12.4 Å². The first-order valence-corrected chi connectivity index (χ1v) is 7.50. The molecule has 0 radical (unpaired) electrons. The highest BCUT2D eigenvalue weighted by Gasteiger charge is 2.04. The number of aryl methyl sites for hydroxylation is 1. The molecule has 6 heteroatoms. The van der Waals surface area contributed by atoms with Crippen molar-refractivity contribution in [2.45, 2.75) is 26.7 Å². The Bertz CT molecular complexity index is 517. The van der Waals surface area contributed by atoms with Gasteiger partial charge in [-0.25, -0.2) is 9.78 Å². The quantitative estimate of drug-likeness (QED) is 0.124. The number of hydrogen-bond acceptors (Lipinski definition) is 6. The molecule has 0 saturated heterocycles. The molecule has 1 aromatic rings. The molecule has 0 amide bonds. The van der Waals surface area contributed by atoms with Gasteiger partial charge in [-0.1, -0.05) is 5.57 Å². The van der Waals surface area contributed by atoms with E-state index in [2.05, 4.69) is 11.9 Å². The molecule has 0 unspecified atom stereocenters. The van der Waals surface area contributed by atoms with E-state index in [-0.39, 0.29) is 12.6 Å². The van der Waals surface area contributed by atoms with E-state index < -0.39 is 0 Å². The first-order chi connectivity index (χ1) is 11.0. The molecule has 23 heavy (non-hydrogen) atoms. The van der Waals surface area contributed by atoms with E-state index in [1.165, 1.54) is 0 Å². The van der Waals surface area contributed by atoms with Crippen LogP contribution in [0.4, 0.5) is 5.69 Å². The van der Waals surface area contributed by atoms with Crippen molar-refractivity contribution >= 4 is 11.6 Å². The minimum Gasteiger partial charge on any atom is -0.444 e. The molecule has 0 aliphatic rings. The number of methoxy groups -OCH3 is 1. The lowest BCUT2D eigenvalue weighted by atomic mass is 10.2. The average Bonchev–Trinajstić information content (AvgIpc) is 2.50. The number of nitrogens with one attached hydrogen (secondary N) is 2. The van der Waals surface area contributed by atoms with Crippen LogP contribution in [0.15, 0.2) is 30.4 Å². The standard InChI is InChI=1S/C17H26N2O4/c1-13(2)5-8-17(18)23-15-6-7-16(14(3)11-15)19-12-22-21-10-9-20-4/h6-7,11,18-19H,1,5,8-10,12H2,2-4H3. The van der Waals surface area contributed by atoms with Crippen LogP contribution in [-0.2, 0) is 14.5 Å². The highest BCUT2D eigenvalue weighted by atomic mass is 17.2. The van der Waals surface area contributed by atoms with Gasteiger partial charge in [0.05, 0.1) is 6.61 Å². The van der Waals surface area contributed by atoms with Crippen LogP contribution in [0.5, 0.6) is 5.75 Å². The number of allylic oxidation sites excluding steroid dienone is 1. The predicted molar refractivity (Wildman–Crippen MR) is 91.0 cm³/mol. The molecule has 128 valence electrons. The van der Waals surface area contributed by atoms with Crippen LogP contribution in [0.25, 0.3) is 0 Å². The third kappa shape index (κ3) is 8.35. The summed E-state index contributed by atoms with van der Waals surface area (Å²) in [6, 6.07) is 5.58. The Morgan fingerprint density at radius 1 is 1.22 bits per heavy atom. The van der Waals surface area contributed by atoms with E-state index in [4.69, 9.17) is 24.7 Å². The summed E-state index contributed by atoms with van der Waals surface area (Å²) in [6.07, 6.45) is 1.32. The molecule has 0 atom stereocenters. The largest absolute Gasteiger partial charge is 0.444 e. The fourth-order valence-corrected chi connectivity index (χ4v) is 1.74. The zero-order chi connectivity index (χ0) is 17.1. The molecule has 0 aliphatic carbocycles. The van der Waals surface area contributed by atoms with Crippen LogP contribution in [-0.4, -0.2) is 33.0 Å². The van der Waals surface area contributed by atoms with E-state index >= 15 is 0 Å². The van der Waals surface area contributed by atoms with Crippen LogP contribution in [0.1, 0.15) is 25.3 Å². The molecular formula is C17H26N2O4. The van der Waals surface area contributed by atoms with Crippen molar-refractivity contribution in [2.24, 2.45) is 0 Å². The molecule has 0 heterocycles.